The van der Waals surface area contributed by atoms with Gasteiger partial charge in [0, 0.05) is 12.1 Å². The maximum Gasteiger partial charge on any atom is 0.242 e. The van der Waals surface area contributed by atoms with Crippen molar-refractivity contribution < 1.29 is 4.74 Å². The summed E-state index contributed by atoms with van der Waals surface area (Å²) in [6, 6.07) is 5.77. The van der Waals surface area contributed by atoms with Crippen molar-refractivity contribution in [3.8, 4) is 5.88 Å². The predicted molar refractivity (Wildman–Crippen MR) is 83.3 cm³/mol. The number of pyridine rings is 1. The number of nitrogen functional groups attached to an aromatic ring is 1. The van der Waals surface area contributed by atoms with Crippen LogP contribution in [0.15, 0.2) is 24.4 Å². The van der Waals surface area contributed by atoms with Crippen LogP contribution >= 0.6 is 0 Å². The van der Waals surface area contributed by atoms with Crippen molar-refractivity contribution in [2.24, 2.45) is 0 Å². The van der Waals surface area contributed by atoms with Gasteiger partial charge in [-0.15, -0.1) is 0 Å². The van der Waals surface area contributed by atoms with Crippen LogP contribution in [-0.4, -0.2) is 21.6 Å². The molecule has 2 heterocycles. The Balaban J connectivity index is 2.24. The Kier molecular flexibility index (Phi) is 4.92. The zero-order valence-corrected chi connectivity index (χ0v) is 12.6. The van der Waals surface area contributed by atoms with Crippen molar-refractivity contribution in [2.75, 3.05) is 17.7 Å². The fourth-order valence-corrected chi connectivity index (χ4v) is 1.78. The van der Waals surface area contributed by atoms with Crippen molar-refractivity contribution in [1.29, 1.82) is 0 Å². The van der Waals surface area contributed by atoms with Crippen LogP contribution in [0.1, 0.15) is 38.2 Å². The summed E-state index contributed by atoms with van der Waals surface area (Å²) in [6.45, 7) is 7.02. The van der Waals surface area contributed by atoms with E-state index in [-0.39, 0.29) is 5.92 Å². The molecule has 112 valence electrons. The second-order valence-corrected chi connectivity index (χ2v) is 4.91. The van der Waals surface area contributed by atoms with Gasteiger partial charge in [0.25, 0.3) is 0 Å². The molecule has 0 atom stereocenters. The Bertz CT molecular complexity index is 586. The number of hydrogen-bond acceptors (Lipinski definition) is 6. The van der Waals surface area contributed by atoms with Gasteiger partial charge in [-0.3, -0.25) is 4.98 Å². The van der Waals surface area contributed by atoms with Crippen molar-refractivity contribution in [3.63, 3.8) is 0 Å². The van der Waals surface area contributed by atoms with Gasteiger partial charge < -0.3 is 15.8 Å². The van der Waals surface area contributed by atoms with Gasteiger partial charge in [-0.25, -0.2) is 4.98 Å². The highest BCUT2D eigenvalue weighted by molar-refractivity contribution is 5.67. The number of aromatic nitrogens is 3. The Morgan fingerprint density at radius 3 is 2.71 bits per heavy atom. The SMILES string of the molecule is CCOc1nc(C(C)C)nc(NCc2ccccn2)c1N. The van der Waals surface area contributed by atoms with Crippen LogP contribution < -0.4 is 15.8 Å². The van der Waals surface area contributed by atoms with Crippen molar-refractivity contribution in [2.45, 2.75) is 33.2 Å². The average Bonchev–Trinajstić information content (AvgIpc) is 2.49. The van der Waals surface area contributed by atoms with Crippen LogP contribution in [-0.2, 0) is 6.54 Å². The Labute approximate surface area is 124 Å². The number of anilines is 2. The first kappa shape index (κ1) is 15.0. The summed E-state index contributed by atoms with van der Waals surface area (Å²) in [5.41, 5.74) is 7.41. The quantitative estimate of drug-likeness (QED) is 0.849. The highest BCUT2D eigenvalue weighted by Crippen LogP contribution is 2.28. The normalized spacial score (nSPS) is 10.7. The summed E-state index contributed by atoms with van der Waals surface area (Å²) in [4.78, 5) is 13.1. The first-order valence-electron chi connectivity index (χ1n) is 7.05. The molecule has 0 bridgehead atoms. The van der Waals surface area contributed by atoms with Gasteiger partial charge >= 0.3 is 0 Å². The lowest BCUT2D eigenvalue weighted by Crippen LogP contribution is -2.12. The number of nitrogens with one attached hydrogen (secondary N) is 1. The van der Waals surface area contributed by atoms with Gasteiger partial charge in [-0.05, 0) is 19.1 Å². The highest BCUT2D eigenvalue weighted by Gasteiger charge is 2.14. The Hall–Kier alpha value is -2.37. The van der Waals surface area contributed by atoms with E-state index in [1.165, 1.54) is 0 Å². The number of nitrogens with two attached hydrogens (primary N) is 1. The molecule has 6 heteroatoms. The highest BCUT2D eigenvalue weighted by atomic mass is 16.5. The molecule has 0 amide bonds. The monoisotopic (exact) mass is 287 g/mol. The lowest BCUT2D eigenvalue weighted by Gasteiger charge is -2.14. The van der Waals surface area contributed by atoms with Crippen molar-refractivity contribution in [1.82, 2.24) is 15.0 Å². The zero-order valence-electron chi connectivity index (χ0n) is 12.6. The van der Waals surface area contributed by atoms with E-state index in [0.717, 1.165) is 5.69 Å². The van der Waals surface area contributed by atoms with E-state index in [9.17, 15) is 0 Å². The molecule has 0 saturated heterocycles. The van der Waals surface area contributed by atoms with Crippen LogP contribution in [0.25, 0.3) is 0 Å². The summed E-state index contributed by atoms with van der Waals surface area (Å²) >= 11 is 0. The standard InChI is InChI=1S/C15H21N5O/c1-4-21-15-12(16)14(19-13(20-15)10(2)3)18-9-11-7-5-6-8-17-11/h5-8,10H,4,9,16H2,1-3H3,(H,18,19,20). The van der Waals surface area contributed by atoms with Crippen LogP contribution in [0.5, 0.6) is 5.88 Å². The number of nitrogens with zero attached hydrogens (tertiary/aromatic N) is 3. The largest absolute Gasteiger partial charge is 0.476 e. The molecule has 0 unspecified atom stereocenters. The Morgan fingerprint density at radius 1 is 1.29 bits per heavy atom. The van der Waals surface area contributed by atoms with E-state index >= 15 is 0 Å². The van der Waals surface area contributed by atoms with Gasteiger partial charge in [0.15, 0.2) is 5.82 Å². The van der Waals surface area contributed by atoms with Crippen molar-refractivity contribution in [3.05, 3.63) is 35.9 Å². The van der Waals surface area contributed by atoms with Crippen LogP contribution in [0.2, 0.25) is 0 Å². The molecular formula is C15H21N5O. The van der Waals surface area contributed by atoms with E-state index in [0.29, 0.717) is 36.4 Å². The van der Waals surface area contributed by atoms with Gasteiger partial charge in [0.1, 0.15) is 11.5 Å². The summed E-state index contributed by atoms with van der Waals surface area (Å²) in [6.07, 6.45) is 1.76. The second-order valence-electron chi connectivity index (χ2n) is 4.91. The fraction of sp³-hybridized carbons (Fsp3) is 0.400. The first-order valence-corrected chi connectivity index (χ1v) is 7.05. The molecule has 2 aromatic rings. The third kappa shape index (κ3) is 3.81. The molecule has 0 saturated carbocycles. The van der Waals surface area contributed by atoms with Gasteiger partial charge in [-0.1, -0.05) is 19.9 Å². The molecule has 2 rings (SSSR count). The topological polar surface area (TPSA) is 86.0 Å². The lowest BCUT2D eigenvalue weighted by atomic mass is 10.2. The number of hydrogen-bond donors (Lipinski definition) is 2. The van der Waals surface area contributed by atoms with Crippen LogP contribution in [0.4, 0.5) is 11.5 Å². The molecule has 0 aliphatic rings. The van der Waals surface area contributed by atoms with E-state index < -0.39 is 0 Å². The fourth-order valence-electron chi connectivity index (χ4n) is 1.78. The molecule has 0 aliphatic heterocycles. The van der Waals surface area contributed by atoms with Crippen LogP contribution in [0, 0.1) is 0 Å². The number of ether oxygens (including phenoxy) is 1. The summed E-state index contributed by atoms with van der Waals surface area (Å²) in [7, 11) is 0. The summed E-state index contributed by atoms with van der Waals surface area (Å²) < 4.78 is 5.49. The second kappa shape index (κ2) is 6.88. The first-order chi connectivity index (χ1) is 10.1. The van der Waals surface area contributed by atoms with E-state index in [1.54, 1.807) is 6.20 Å². The van der Waals surface area contributed by atoms with Gasteiger partial charge in [-0.2, -0.15) is 4.98 Å². The Morgan fingerprint density at radius 2 is 2.10 bits per heavy atom. The minimum absolute atomic E-state index is 0.195. The predicted octanol–water partition coefficient (Wildman–Crippen LogP) is 2.59. The lowest BCUT2D eigenvalue weighted by molar-refractivity contribution is 0.326. The van der Waals surface area contributed by atoms with Crippen LogP contribution in [0.3, 0.4) is 0 Å². The molecule has 0 fully saturated rings. The van der Waals surface area contributed by atoms with Gasteiger partial charge in [0.2, 0.25) is 5.88 Å². The zero-order chi connectivity index (χ0) is 15.2. The molecular weight excluding hydrogens is 266 g/mol. The molecule has 0 aliphatic carbocycles. The maximum absolute atomic E-state index is 6.07. The molecule has 0 radical (unpaired) electrons. The van der Waals surface area contributed by atoms with E-state index in [1.807, 2.05) is 39.0 Å². The number of rotatable bonds is 6. The average molecular weight is 287 g/mol. The van der Waals surface area contributed by atoms with Gasteiger partial charge in [0.05, 0.1) is 18.8 Å². The maximum atomic E-state index is 6.07. The molecule has 2 aromatic heterocycles. The third-order valence-electron chi connectivity index (χ3n) is 2.89. The molecule has 6 nitrogen and oxygen atoms in total. The van der Waals surface area contributed by atoms with E-state index in [4.69, 9.17) is 10.5 Å². The van der Waals surface area contributed by atoms with E-state index in [2.05, 4.69) is 20.3 Å². The van der Waals surface area contributed by atoms with Crippen molar-refractivity contribution >= 4 is 11.5 Å². The molecule has 0 spiro atoms. The molecule has 21 heavy (non-hydrogen) atoms. The minimum atomic E-state index is 0.195. The molecule has 0 aromatic carbocycles. The summed E-state index contributed by atoms with van der Waals surface area (Å²) in [5, 5.41) is 3.20. The third-order valence-corrected chi connectivity index (χ3v) is 2.89. The molecule has 3 N–H and O–H groups in total. The minimum Gasteiger partial charge on any atom is -0.476 e. The smallest absolute Gasteiger partial charge is 0.242 e. The summed E-state index contributed by atoms with van der Waals surface area (Å²) in [5.74, 6) is 1.92.